The molecule has 0 atom stereocenters. The average Bonchev–Trinajstić information content (AvgIpc) is 2.26. The zero-order valence-corrected chi connectivity index (χ0v) is 9.78. The van der Waals surface area contributed by atoms with Crippen molar-refractivity contribution in [2.24, 2.45) is 0 Å². The first-order chi connectivity index (χ1) is 7.74. The summed E-state index contributed by atoms with van der Waals surface area (Å²) in [7, 11) is 0. The van der Waals surface area contributed by atoms with E-state index in [-0.39, 0.29) is 6.61 Å². The van der Waals surface area contributed by atoms with Crippen LogP contribution in [0.25, 0.3) is 0 Å². The number of rotatable bonds is 7. The summed E-state index contributed by atoms with van der Waals surface area (Å²) in [5.41, 5.74) is 6.61. The number of aliphatic hydroxyl groups is 1. The molecule has 0 fully saturated rings. The quantitative estimate of drug-likeness (QED) is 0.694. The Morgan fingerprint density at radius 2 is 2.00 bits per heavy atom. The lowest BCUT2D eigenvalue weighted by Crippen LogP contribution is -2.02. The maximum absolute atomic E-state index is 8.61. The first-order valence-electron chi connectivity index (χ1n) is 5.71. The second kappa shape index (κ2) is 7.06. The van der Waals surface area contributed by atoms with Crippen molar-refractivity contribution in [2.75, 3.05) is 18.9 Å². The molecule has 0 aliphatic heterocycles. The molecule has 0 spiro atoms. The number of ether oxygens (including phenoxy) is 1. The van der Waals surface area contributed by atoms with E-state index in [1.54, 1.807) is 0 Å². The fraction of sp³-hybridized carbons (Fsp3) is 0.583. The monoisotopic (exact) mass is 224 g/mol. The highest BCUT2D eigenvalue weighted by Gasteiger charge is 2.01. The molecule has 16 heavy (non-hydrogen) atoms. The summed E-state index contributed by atoms with van der Waals surface area (Å²) in [5, 5.41) is 8.61. The Labute approximate surface area is 96.5 Å². The second-order valence-corrected chi connectivity index (χ2v) is 3.82. The van der Waals surface area contributed by atoms with E-state index in [2.05, 4.69) is 4.98 Å². The summed E-state index contributed by atoms with van der Waals surface area (Å²) in [5.74, 6) is 1.11. The first-order valence-corrected chi connectivity index (χ1v) is 5.71. The average molecular weight is 224 g/mol. The van der Waals surface area contributed by atoms with Crippen LogP contribution in [0.3, 0.4) is 0 Å². The molecule has 1 heterocycles. The molecule has 0 saturated heterocycles. The van der Waals surface area contributed by atoms with Crippen LogP contribution in [0.15, 0.2) is 12.1 Å². The Morgan fingerprint density at radius 1 is 1.25 bits per heavy atom. The molecule has 1 rings (SSSR count). The summed E-state index contributed by atoms with van der Waals surface area (Å²) in [6, 6.07) is 3.74. The normalized spacial score (nSPS) is 10.4. The molecule has 0 unspecified atom stereocenters. The van der Waals surface area contributed by atoms with Gasteiger partial charge in [-0.1, -0.05) is 6.42 Å². The van der Waals surface area contributed by atoms with Crippen LogP contribution in [0.1, 0.15) is 31.4 Å². The van der Waals surface area contributed by atoms with E-state index in [0.29, 0.717) is 18.2 Å². The third-order valence-corrected chi connectivity index (χ3v) is 2.34. The van der Waals surface area contributed by atoms with E-state index in [1.807, 2.05) is 19.1 Å². The third kappa shape index (κ3) is 4.49. The Balaban J connectivity index is 2.21. The van der Waals surface area contributed by atoms with E-state index in [9.17, 15) is 0 Å². The Morgan fingerprint density at radius 3 is 2.69 bits per heavy atom. The van der Waals surface area contributed by atoms with Gasteiger partial charge in [-0.15, -0.1) is 0 Å². The molecule has 0 aromatic carbocycles. The number of unbranched alkanes of at least 4 members (excludes halogenated alkanes) is 3. The minimum absolute atomic E-state index is 0.273. The van der Waals surface area contributed by atoms with Crippen LogP contribution in [-0.2, 0) is 0 Å². The van der Waals surface area contributed by atoms with Crippen LogP contribution < -0.4 is 10.5 Å². The van der Waals surface area contributed by atoms with Gasteiger partial charge in [0, 0.05) is 12.3 Å². The number of anilines is 1. The number of aryl methyl sites for hydroxylation is 1. The van der Waals surface area contributed by atoms with Crippen LogP contribution in [-0.4, -0.2) is 23.3 Å². The van der Waals surface area contributed by atoms with E-state index in [1.165, 1.54) is 0 Å². The minimum atomic E-state index is 0.273. The van der Waals surface area contributed by atoms with E-state index >= 15 is 0 Å². The molecule has 90 valence electrons. The number of nitrogens with zero attached hydrogens (tertiary/aromatic N) is 1. The standard InChI is InChI=1S/C12H20N2O2/c1-10-6-7-11(12(13)14-10)16-9-5-3-2-4-8-15/h6-7,15H,2-5,8-9H2,1H3,(H2,13,14). The molecule has 0 radical (unpaired) electrons. The molecule has 4 nitrogen and oxygen atoms in total. The fourth-order valence-electron chi connectivity index (χ4n) is 1.44. The Kier molecular flexibility index (Phi) is 5.64. The molecule has 4 heteroatoms. The first kappa shape index (κ1) is 12.8. The highest BCUT2D eigenvalue weighted by Crippen LogP contribution is 2.19. The van der Waals surface area contributed by atoms with Gasteiger partial charge in [-0.2, -0.15) is 0 Å². The van der Waals surface area contributed by atoms with Gasteiger partial charge in [0.2, 0.25) is 0 Å². The zero-order valence-electron chi connectivity index (χ0n) is 9.78. The summed E-state index contributed by atoms with van der Waals surface area (Å²) in [6.07, 6.45) is 3.96. The van der Waals surface area contributed by atoms with Gasteiger partial charge in [0.25, 0.3) is 0 Å². The third-order valence-electron chi connectivity index (χ3n) is 2.34. The lowest BCUT2D eigenvalue weighted by atomic mass is 10.2. The van der Waals surface area contributed by atoms with Crippen LogP contribution in [0, 0.1) is 6.92 Å². The summed E-state index contributed by atoms with van der Waals surface area (Å²) >= 11 is 0. The van der Waals surface area contributed by atoms with Crippen molar-refractivity contribution >= 4 is 5.82 Å². The summed E-state index contributed by atoms with van der Waals surface area (Å²) in [6.45, 7) is 2.82. The van der Waals surface area contributed by atoms with Gasteiger partial charge in [-0.3, -0.25) is 0 Å². The summed E-state index contributed by atoms with van der Waals surface area (Å²) in [4.78, 5) is 4.12. The maximum Gasteiger partial charge on any atom is 0.166 e. The lowest BCUT2D eigenvalue weighted by Gasteiger charge is -2.08. The molecule has 0 aliphatic carbocycles. The van der Waals surface area contributed by atoms with Gasteiger partial charge < -0.3 is 15.6 Å². The van der Waals surface area contributed by atoms with E-state index < -0.39 is 0 Å². The van der Waals surface area contributed by atoms with Gasteiger partial charge >= 0.3 is 0 Å². The van der Waals surface area contributed by atoms with Crippen molar-refractivity contribution in [3.63, 3.8) is 0 Å². The maximum atomic E-state index is 8.61. The molecule has 1 aromatic rings. The molecule has 0 saturated carbocycles. The molecular formula is C12H20N2O2. The van der Waals surface area contributed by atoms with Crippen LogP contribution in [0.4, 0.5) is 5.82 Å². The fourth-order valence-corrected chi connectivity index (χ4v) is 1.44. The Hall–Kier alpha value is -1.29. The zero-order chi connectivity index (χ0) is 11.8. The summed E-state index contributed by atoms with van der Waals surface area (Å²) < 4.78 is 5.52. The van der Waals surface area contributed by atoms with Gasteiger partial charge in [0.05, 0.1) is 6.61 Å². The van der Waals surface area contributed by atoms with Gasteiger partial charge in [0.1, 0.15) is 0 Å². The molecule has 1 aromatic heterocycles. The van der Waals surface area contributed by atoms with E-state index in [4.69, 9.17) is 15.6 Å². The number of pyridine rings is 1. The van der Waals surface area contributed by atoms with Crippen molar-refractivity contribution in [1.29, 1.82) is 0 Å². The second-order valence-electron chi connectivity index (χ2n) is 3.82. The predicted molar refractivity (Wildman–Crippen MR) is 64.4 cm³/mol. The molecule has 0 amide bonds. The largest absolute Gasteiger partial charge is 0.490 e. The number of nitrogens with two attached hydrogens (primary N) is 1. The van der Waals surface area contributed by atoms with Crippen molar-refractivity contribution < 1.29 is 9.84 Å². The molecule has 0 aliphatic rings. The molecule has 3 N–H and O–H groups in total. The number of aliphatic hydroxyl groups excluding tert-OH is 1. The van der Waals surface area contributed by atoms with Crippen molar-refractivity contribution in [3.05, 3.63) is 17.8 Å². The van der Waals surface area contributed by atoms with Crippen molar-refractivity contribution in [3.8, 4) is 5.75 Å². The number of nitrogen functional groups attached to an aromatic ring is 1. The highest BCUT2D eigenvalue weighted by molar-refractivity contribution is 5.46. The van der Waals surface area contributed by atoms with Crippen LogP contribution >= 0.6 is 0 Å². The lowest BCUT2D eigenvalue weighted by molar-refractivity contribution is 0.273. The van der Waals surface area contributed by atoms with E-state index in [0.717, 1.165) is 31.4 Å². The predicted octanol–water partition coefficient (Wildman–Crippen LogP) is 1.90. The van der Waals surface area contributed by atoms with Crippen molar-refractivity contribution in [2.45, 2.75) is 32.6 Å². The van der Waals surface area contributed by atoms with Gasteiger partial charge in [0.15, 0.2) is 11.6 Å². The molecular weight excluding hydrogens is 204 g/mol. The minimum Gasteiger partial charge on any atom is -0.490 e. The smallest absolute Gasteiger partial charge is 0.166 e. The topological polar surface area (TPSA) is 68.4 Å². The van der Waals surface area contributed by atoms with Crippen LogP contribution in [0.5, 0.6) is 5.75 Å². The highest BCUT2D eigenvalue weighted by atomic mass is 16.5. The Bertz CT molecular complexity index is 316. The number of aromatic nitrogens is 1. The number of hydrogen-bond donors (Lipinski definition) is 2. The van der Waals surface area contributed by atoms with Crippen molar-refractivity contribution in [1.82, 2.24) is 4.98 Å². The van der Waals surface area contributed by atoms with Gasteiger partial charge in [-0.05, 0) is 38.3 Å². The SMILES string of the molecule is Cc1ccc(OCCCCCCO)c(N)n1. The number of hydrogen-bond acceptors (Lipinski definition) is 4. The van der Waals surface area contributed by atoms with Crippen LogP contribution in [0.2, 0.25) is 0 Å². The van der Waals surface area contributed by atoms with Gasteiger partial charge in [-0.25, -0.2) is 4.98 Å². The molecule has 0 bridgehead atoms.